The van der Waals surface area contributed by atoms with Crippen molar-refractivity contribution in [3.63, 3.8) is 0 Å². The number of aliphatic hydroxyl groups excluding tert-OH is 1. The molecule has 2 heteroatoms. The Morgan fingerprint density at radius 1 is 0.882 bits per heavy atom. The summed E-state index contributed by atoms with van der Waals surface area (Å²) in [6.45, 7) is 1.94. The van der Waals surface area contributed by atoms with E-state index < -0.39 is 6.10 Å². The summed E-state index contributed by atoms with van der Waals surface area (Å²) in [5.41, 5.74) is 1.81. The van der Waals surface area contributed by atoms with Gasteiger partial charge in [-0.05, 0) is 23.3 Å². The van der Waals surface area contributed by atoms with E-state index in [4.69, 9.17) is 0 Å². The summed E-state index contributed by atoms with van der Waals surface area (Å²) in [4.78, 5) is 0. The van der Waals surface area contributed by atoms with E-state index in [9.17, 15) is 9.50 Å². The fraction of sp³-hybridized carbons (Fsp3) is 0.200. The maximum atomic E-state index is 12.8. The van der Waals surface area contributed by atoms with E-state index in [-0.39, 0.29) is 11.7 Å². The Hall–Kier alpha value is -1.67. The molecule has 0 radical (unpaired) electrons. The van der Waals surface area contributed by atoms with Crippen molar-refractivity contribution < 1.29 is 9.50 Å². The Morgan fingerprint density at radius 3 is 2.06 bits per heavy atom. The van der Waals surface area contributed by atoms with Crippen LogP contribution < -0.4 is 0 Å². The van der Waals surface area contributed by atoms with Gasteiger partial charge in [-0.2, -0.15) is 0 Å². The van der Waals surface area contributed by atoms with Crippen molar-refractivity contribution >= 4 is 0 Å². The molecular formula is C15H15FO. The lowest BCUT2D eigenvalue weighted by Crippen LogP contribution is -2.07. The van der Waals surface area contributed by atoms with Gasteiger partial charge >= 0.3 is 0 Å². The van der Waals surface area contributed by atoms with Gasteiger partial charge in [-0.1, -0.05) is 49.4 Å². The zero-order valence-electron chi connectivity index (χ0n) is 9.68. The lowest BCUT2D eigenvalue weighted by molar-refractivity contribution is 0.151. The molecule has 0 amide bonds. The highest BCUT2D eigenvalue weighted by Gasteiger charge is 2.17. The topological polar surface area (TPSA) is 20.2 Å². The summed E-state index contributed by atoms with van der Waals surface area (Å²) in [5.74, 6) is -0.312. The molecule has 0 aliphatic heterocycles. The van der Waals surface area contributed by atoms with E-state index in [1.165, 1.54) is 12.1 Å². The zero-order chi connectivity index (χ0) is 12.3. The van der Waals surface area contributed by atoms with Crippen molar-refractivity contribution in [1.82, 2.24) is 0 Å². The van der Waals surface area contributed by atoms with Crippen molar-refractivity contribution in [1.29, 1.82) is 0 Å². The number of hydrogen-bond acceptors (Lipinski definition) is 1. The Labute approximate surface area is 101 Å². The van der Waals surface area contributed by atoms with Gasteiger partial charge in [-0.25, -0.2) is 4.39 Å². The summed E-state index contributed by atoms with van der Waals surface area (Å²) in [7, 11) is 0. The third-order valence-corrected chi connectivity index (χ3v) is 3.01. The van der Waals surface area contributed by atoms with Gasteiger partial charge in [0.05, 0.1) is 6.10 Å². The number of rotatable bonds is 3. The van der Waals surface area contributed by atoms with Crippen molar-refractivity contribution in [2.75, 3.05) is 0 Å². The lowest BCUT2D eigenvalue weighted by Gasteiger charge is -2.19. The molecule has 88 valence electrons. The van der Waals surface area contributed by atoms with Gasteiger partial charge in [0.15, 0.2) is 0 Å². The van der Waals surface area contributed by atoms with E-state index in [1.807, 2.05) is 37.3 Å². The second-order valence-electron chi connectivity index (χ2n) is 4.20. The van der Waals surface area contributed by atoms with Crippen LogP contribution >= 0.6 is 0 Å². The van der Waals surface area contributed by atoms with Crippen LogP contribution in [0, 0.1) is 5.82 Å². The molecule has 0 aliphatic rings. The predicted octanol–water partition coefficient (Wildman–Crippen LogP) is 3.66. The van der Waals surface area contributed by atoms with E-state index in [2.05, 4.69) is 0 Å². The maximum absolute atomic E-state index is 12.8. The number of benzene rings is 2. The number of aliphatic hydroxyl groups is 1. The summed E-state index contributed by atoms with van der Waals surface area (Å²) in [5, 5.41) is 10.2. The van der Waals surface area contributed by atoms with Gasteiger partial charge in [0.1, 0.15) is 5.82 Å². The predicted molar refractivity (Wildman–Crippen MR) is 66.2 cm³/mol. The summed E-state index contributed by atoms with van der Waals surface area (Å²) >= 11 is 0. The average Bonchev–Trinajstić information content (AvgIpc) is 2.39. The molecule has 0 saturated heterocycles. The van der Waals surface area contributed by atoms with Gasteiger partial charge in [0.25, 0.3) is 0 Å². The Balaban J connectivity index is 2.20. The van der Waals surface area contributed by atoms with Crippen LogP contribution in [0.4, 0.5) is 4.39 Å². The molecule has 2 aromatic carbocycles. The van der Waals surface area contributed by atoms with Crippen LogP contribution in [0.5, 0.6) is 0 Å². The molecule has 0 saturated carbocycles. The summed E-state index contributed by atoms with van der Waals surface area (Å²) < 4.78 is 12.8. The Morgan fingerprint density at radius 2 is 1.47 bits per heavy atom. The molecule has 17 heavy (non-hydrogen) atoms. The third-order valence-electron chi connectivity index (χ3n) is 3.01. The second kappa shape index (κ2) is 5.11. The van der Waals surface area contributed by atoms with Crippen LogP contribution in [0.1, 0.15) is 30.1 Å². The molecule has 2 unspecified atom stereocenters. The van der Waals surface area contributed by atoms with E-state index in [1.54, 1.807) is 12.1 Å². The molecule has 0 heterocycles. The van der Waals surface area contributed by atoms with Crippen LogP contribution in [0.15, 0.2) is 54.6 Å². The quantitative estimate of drug-likeness (QED) is 0.853. The first-order chi connectivity index (χ1) is 8.18. The van der Waals surface area contributed by atoms with Gasteiger partial charge in [-0.15, -0.1) is 0 Å². The molecule has 0 bridgehead atoms. The van der Waals surface area contributed by atoms with Gasteiger partial charge in [0.2, 0.25) is 0 Å². The number of hydrogen-bond donors (Lipinski definition) is 1. The fourth-order valence-electron chi connectivity index (χ4n) is 1.89. The van der Waals surface area contributed by atoms with Crippen molar-refractivity contribution in [2.24, 2.45) is 0 Å². The standard InChI is InChI=1S/C15H15FO/c1-11(12-7-9-14(16)10-8-12)15(17)13-5-3-2-4-6-13/h2-11,15,17H,1H3. The highest BCUT2D eigenvalue weighted by Crippen LogP contribution is 2.30. The van der Waals surface area contributed by atoms with Crippen LogP contribution in [0.2, 0.25) is 0 Å². The maximum Gasteiger partial charge on any atom is 0.123 e. The molecular weight excluding hydrogens is 215 g/mol. The smallest absolute Gasteiger partial charge is 0.123 e. The fourth-order valence-corrected chi connectivity index (χ4v) is 1.89. The minimum atomic E-state index is -0.568. The average molecular weight is 230 g/mol. The monoisotopic (exact) mass is 230 g/mol. The zero-order valence-corrected chi connectivity index (χ0v) is 9.68. The van der Waals surface area contributed by atoms with Crippen molar-refractivity contribution in [2.45, 2.75) is 18.9 Å². The Bertz CT molecular complexity index is 464. The SMILES string of the molecule is CC(c1ccc(F)cc1)C(O)c1ccccc1. The first kappa shape index (κ1) is 11.8. The van der Waals surface area contributed by atoms with Crippen LogP contribution in [-0.4, -0.2) is 5.11 Å². The molecule has 0 aliphatic carbocycles. The molecule has 0 aromatic heterocycles. The van der Waals surface area contributed by atoms with Gasteiger partial charge in [0, 0.05) is 5.92 Å². The second-order valence-corrected chi connectivity index (χ2v) is 4.20. The van der Waals surface area contributed by atoms with Crippen molar-refractivity contribution in [3.8, 4) is 0 Å². The summed E-state index contributed by atoms with van der Waals surface area (Å²) in [6.07, 6.45) is -0.568. The molecule has 2 atom stereocenters. The lowest BCUT2D eigenvalue weighted by atomic mass is 9.91. The largest absolute Gasteiger partial charge is 0.388 e. The molecule has 2 aromatic rings. The summed E-state index contributed by atoms with van der Waals surface area (Å²) in [6, 6.07) is 15.8. The van der Waals surface area contributed by atoms with Crippen molar-refractivity contribution in [3.05, 3.63) is 71.5 Å². The molecule has 1 N–H and O–H groups in total. The van der Waals surface area contributed by atoms with E-state index >= 15 is 0 Å². The normalized spacial score (nSPS) is 14.3. The Kier molecular flexibility index (Phi) is 3.55. The molecule has 2 rings (SSSR count). The highest BCUT2D eigenvalue weighted by molar-refractivity contribution is 5.26. The number of halogens is 1. The van der Waals surface area contributed by atoms with E-state index in [0.29, 0.717) is 0 Å². The van der Waals surface area contributed by atoms with Crippen LogP contribution in [0.25, 0.3) is 0 Å². The third kappa shape index (κ3) is 2.71. The van der Waals surface area contributed by atoms with Gasteiger partial charge < -0.3 is 5.11 Å². The van der Waals surface area contributed by atoms with Crippen LogP contribution in [0.3, 0.4) is 0 Å². The first-order valence-electron chi connectivity index (χ1n) is 5.67. The minimum absolute atomic E-state index is 0.0574. The minimum Gasteiger partial charge on any atom is -0.388 e. The molecule has 0 fully saturated rings. The van der Waals surface area contributed by atoms with E-state index in [0.717, 1.165) is 11.1 Å². The van der Waals surface area contributed by atoms with Crippen LogP contribution in [-0.2, 0) is 0 Å². The highest BCUT2D eigenvalue weighted by atomic mass is 19.1. The molecule has 0 spiro atoms. The molecule has 1 nitrogen and oxygen atoms in total. The first-order valence-corrected chi connectivity index (χ1v) is 5.67. The van der Waals surface area contributed by atoms with Gasteiger partial charge in [-0.3, -0.25) is 0 Å².